The molecule has 1 aromatic heterocycles. The molecule has 0 aliphatic heterocycles. The molecule has 0 unspecified atom stereocenters. The van der Waals surface area contributed by atoms with Crippen LogP contribution in [0.25, 0.3) is 0 Å². The molecule has 7 heavy (non-hydrogen) atoms. The van der Waals surface area contributed by atoms with E-state index in [0.717, 1.165) is 0 Å². The number of hydrogen-bond acceptors (Lipinski definition) is 3. The fourth-order valence-corrected chi connectivity index (χ4v) is 0.661. The minimum atomic E-state index is 0.366. The van der Waals surface area contributed by atoms with E-state index in [1.165, 1.54) is 6.26 Å². The van der Waals surface area contributed by atoms with Gasteiger partial charge in [-0.3, -0.25) is 0 Å². The van der Waals surface area contributed by atoms with Crippen LogP contribution < -0.4 is 0 Å². The molecule has 38 valence electrons. The van der Waals surface area contributed by atoms with Crippen molar-refractivity contribution in [3.8, 4) is 0 Å². The topological polar surface area (TPSA) is 28.9 Å². The number of rotatable bonds is 0. The van der Waals surface area contributed by atoms with Crippen molar-refractivity contribution < 1.29 is 4.42 Å². The van der Waals surface area contributed by atoms with Crippen molar-refractivity contribution in [1.82, 2.24) is 4.98 Å². The standard InChI is InChI=1S/C3H3NOS2/c6-2-1-5-3(7)4-2/h1,6H,(H,4,7). The lowest BCUT2D eigenvalue weighted by atomic mass is 11.0. The minimum Gasteiger partial charge on any atom is -0.437 e. The third-order valence-corrected chi connectivity index (χ3v) is 0.923. The van der Waals surface area contributed by atoms with Crippen molar-refractivity contribution in [1.29, 1.82) is 0 Å². The largest absolute Gasteiger partial charge is 0.437 e. The number of aromatic nitrogens is 1. The van der Waals surface area contributed by atoms with E-state index in [0.29, 0.717) is 9.86 Å². The summed E-state index contributed by atoms with van der Waals surface area (Å²) in [6.45, 7) is 0. The van der Waals surface area contributed by atoms with Crippen LogP contribution in [0.2, 0.25) is 0 Å². The smallest absolute Gasteiger partial charge is 0.266 e. The van der Waals surface area contributed by atoms with E-state index in [9.17, 15) is 0 Å². The van der Waals surface area contributed by atoms with E-state index in [1.54, 1.807) is 0 Å². The highest BCUT2D eigenvalue weighted by atomic mass is 32.1. The lowest BCUT2D eigenvalue weighted by Gasteiger charge is -1.65. The molecule has 0 bridgehead atoms. The Morgan fingerprint density at radius 1 is 1.86 bits per heavy atom. The Labute approximate surface area is 51.0 Å². The van der Waals surface area contributed by atoms with Crippen LogP contribution in [0.1, 0.15) is 0 Å². The lowest BCUT2D eigenvalue weighted by Crippen LogP contribution is -1.56. The van der Waals surface area contributed by atoms with Gasteiger partial charge in [0.05, 0.1) is 0 Å². The van der Waals surface area contributed by atoms with Crippen molar-refractivity contribution in [2.24, 2.45) is 0 Å². The van der Waals surface area contributed by atoms with Crippen LogP contribution in [0.4, 0.5) is 0 Å². The summed E-state index contributed by atoms with van der Waals surface area (Å²) in [5.74, 6) is 0. The average molecular weight is 133 g/mol. The zero-order valence-electron chi connectivity index (χ0n) is 3.34. The van der Waals surface area contributed by atoms with E-state index in [2.05, 4.69) is 34.2 Å². The monoisotopic (exact) mass is 133 g/mol. The predicted molar refractivity (Wildman–Crippen MR) is 31.1 cm³/mol. The summed E-state index contributed by atoms with van der Waals surface area (Å²) in [5, 5.41) is 0.657. The van der Waals surface area contributed by atoms with Gasteiger partial charge < -0.3 is 9.40 Å². The van der Waals surface area contributed by atoms with Crippen LogP contribution in [-0.4, -0.2) is 4.98 Å². The van der Waals surface area contributed by atoms with Gasteiger partial charge in [0.15, 0.2) is 0 Å². The van der Waals surface area contributed by atoms with Gasteiger partial charge in [0.25, 0.3) is 4.84 Å². The SMILES string of the molecule is S=c1[nH]c(S)co1. The van der Waals surface area contributed by atoms with Crippen molar-refractivity contribution in [2.45, 2.75) is 5.03 Å². The molecule has 0 aliphatic rings. The summed E-state index contributed by atoms with van der Waals surface area (Å²) in [5.41, 5.74) is 0. The van der Waals surface area contributed by atoms with E-state index < -0.39 is 0 Å². The summed E-state index contributed by atoms with van der Waals surface area (Å²) in [6, 6.07) is 0. The molecule has 1 aromatic rings. The first-order valence-corrected chi connectivity index (χ1v) is 2.51. The first-order chi connectivity index (χ1) is 3.29. The molecule has 1 heterocycles. The fourth-order valence-electron chi connectivity index (χ4n) is 0.273. The third kappa shape index (κ3) is 1.07. The second-order valence-corrected chi connectivity index (χ2v) is 1.89. The number of H-pyrrole nitrogens is 1. The second-order valence-electron chi connectivity index (χ2n) is 1.03. The van der Waals surface area contributed by atoms with Gasteiger partial charge >= 0.3 is 0 Å². The molecule has 0 atom stereocenters. The van der Waals surface area contributed by atoms with Crippen molar-refractivity contribution in [3.05, 3.63) is 11.1 Å². The Kier molecular flexibility index (Phi) is 1.21. The van der Waals surface area contributed by atoms with Gasteiger partial charge in [0.1, 0.15) is 11.3 Å². The fraction of sp³-hybridized carbons (Fsp3) is 0. The van der Waals surface area contributed by atoms with Crippen LogP contribution in [0.15, 0.2) is 15.7 Å². The first-order valence-electron chi connectivity index (χ1n) is 1.66. The van der Waals surface area contributed by atoms with E-state index >= 15 is 0 Å². The molecule has 1 N–H and O–H groups in total. The predicted octanol–water partition coefficient (Wildman–Crippen LogP) is 1.63. The summed E-state index contributed by atoms with van der Waals surface area (Å²) in [7, 11) is 0. The Morgan fingerprint density at radius 2 is 2.57 bits per heavy atom. The maximum Gasteiger partial charge on any atom is 0.266 e. The average Bonchev–Trinajstić information content (AvgIpc) is 1.87. The van der Waals surface area contributed by atoms with E-state index in [1.807, 2.05) is 0 Å². The number of thiol groups is 1. The Morgan fingerprint density at radius 3 is 2.71 bits per heavy atom. The first kappa shape index (κ1) is 4.93. The molecule has 0 spiro atoms. The molecule has 2 nitrogen and oxygen atoms in total. The van der Waals surface area contributed by atoms with Crippen LogP contribution in [0.5, 0.6) is 0 Å². The number of aromatic amines is 1. The Bertz CT molecular complexity index is 201. The van der Waals surface area contributed by atoms with Crippen LogP contribution in [0.3, 0.4) is 0 Å². The molecule has 0 radical (unpaired) electrons. The highest BCUT2D eigenvalue weighted by molar-refractivity contribution is 7.80. The van der Waals surface area contributed by atoms with Crippen LogP contribution >= 0.6 is 24.8 Å². The zero-order valence-corrected chi connectivity index (χ0v) is 5.05. The summed E-state index contributed by atoms with van der Waals surface area (Å²) in [4.78, 5) is 3.02. The highest BCUT2D eigenvalue weighted by Gasteiger charge is 1.82. The summed E-state index contributed by atoms with van der Waals surface area (Å²) in [6.07, 6.45) is 1.45. The third-order valence-electron chi connectivity index (χ3n) is 0.508. The number of hydrogen-bond donors (Lipinski definition) is 2. The number of nitrogens with one attached hydrogen (secondary N) is 1. The molecular weight excluding hydrogens is 130 g/mol. The maximum absolute atomic E-state index is 4.65. The summed E-state index contributed by atoms with van der Waals surface area (Å²) < 4.78 is 4.65. The molecule has 0 fully saturated rings. The molecule has 0 saturated carbocycles. The van der Waals surface area contributed by atoms with Crippen molar-refractivity contribution in [3.63, 3.8) is 0 Å². The van der Waals surface area contributed by atoms with Gasteiger partial charge in [0, 0.05) is 0 Å². The normalized spacial score (nSPS) is 9.29. The van der Waals surface area contributed by atoms with Gasteiger partial charge in [-0.2, -0.15) is 0 Å². The van der Waals surface area contributed by atoms with Crippen LogP contribution in [0, 0.1) is 4.84 Å². The van der Waals surface area contributed by atoms with Crippen molar-refractivity contribution in [2.75, 3.05) is 0 Å². The quantitative estimate of drug-likeness (QED) is 0.416. The van der Waals surface area contributed by atoms with Gasteiger partial charge in [-0.05, 0) is 12.2 Å². The molecule has 1 rings (SSSR count). The highest BCUT2D eigenvalue weighted by Crippen LogP contribution is 1.99. The molecular formula is C3H3NOS2. The number of oxazole rings is 1. The second kappa shape index (κ2) is 1.71. The van der Waals surface area contributed by atoms with Gasteiger partial charge in [-0.1, -0.05) is 0 Å². The van der Waals surface area contributed by atoms with E-state index in [4.69, 9.17) is 0 Å². The minimum absolute atomic E-state index is 0.366. The molecule has 0 aromatic carbocycles. The van der Waals surface area contributed by atoms with Gasteiger partial charge in [-0.15, -0.1) is 12.6 Å². The zero-order chi connectivity index (χ0) is 5.28. The Hall–Kier alpha value is -0.220. The van der Waals surface area contributed by atoms with Crippen molar-refractivity contribution >= 4 is 24.8 Å². The molecule has 0 saturated heterocycles. The molecule has 4 heteroatoms. The molecule has 0 amide bonds. The van der Waals surface area contributed by atoms with Crippen LogP contribution in [-0.2, 0) is 0 Å². The van der Waals surface area contributed by atoms with Gasteiger partial charge in [0.2, 0.25) is 0 Å². The summed E-state index contributed by atoms with van der Waals surface area (Å²) >= 11 is 8.45. The lowest BCUT2D eigenvalue weighted by molar-refractivity contribution is 0.538. The Balaban J connectivity index is 3.30. The molecule has 0 aliphatic carbocycles. The maximum atomic E-state index is 4.65. The van der Waals surface area contributed by atoms with E-state index in [-0.39, 0.29) is 0 Å². The van der Waals surface area contributed by atoms with Gasteiger partial charge in [-0.25, -0.2) is 0 Å².